The molecule has 0 amide bonds. The molecular formula is C13H17N3O2. The second-order valence-corrected chi connectivity index (χ2v) is 3.88. The average Bonchev–Trinajstić information content (AvgIpc) is 2.78. The van der Waals surface area contributed by atoms with Crippen LogP contribution in [-0.4, -0.2) is 24.4 Å². The molecule has 2 aromatic rings. The summed E-state index contributed by atoms with van der Waals surface area (Å²) in [5, 5.41) is 7.19. The van der Waals surface area contributed by atoms with E-state index in [1.165, 1.54) is 0 Å². The van der Waals surface area contributed by atoms with E-state index in [0.29, 0.717) is 17.1 Å². The molecule has 0 spiro atoms. The molecule has 0 fully saturated rings. The van der Waals surface area contributed by atoms with Gasteiger partial charge in [0.25, 0.3) is 0 Å². The van der Waals surface area contributed by atoms with Gasteiger partial charge >= 0.3 is 0 Å². The van der Waals surface area contributed by atoms with Gasteiger partial charge in [-0.25, -0.2) is 0 Å². The van der Waals surface area contributed by atoms with Crippen LogP contribution >= 0.6 is 0 Å². The Hall–Kier alpha value is -2.17. The minimum Gasteiger partial charge on any atom is -0.497 e. The van der Waals surface area contributed by atoms with Crippen molar-refractivity contribution in [3.05, 3.63) is 23.9 Å². The quantitative estimate of drug-likeness (QED) is 0.869. The van der Waals surface area contributed by atoms with Gasteiger partial charge in [0.1, 0.15) is 17.2 Å². The maximum Gasteiger partial charge on any atom is 0.132 e. The third kappa shape index (κ3) is 1.99. The number of hydrogen-bond donors (Lipinski definition) is 2. The van der Waals surface area contributed by atoms with Crippen LogP contribution in [0.25, 0.3) is 11.3 Å². The molecule has 5 heteroatoms. The van der Waals surface area contributed by atoms with Crippen molar-refractivity contribution in [2.45, 2.75) is 13.3 Å². The summed E-state index contributed by atoms with van der Waals surface area (Å²) in [5.74, 6) is 1.43. The summed E-state index contributed by atoms with van der Waals surface area (Å²) in [6, 6.07) is 5.57. The zero-order chi connectivity index (χ0) is 13.1. The van der Waals surface area contributed by atoms with Crippen LogP contribution in [-0.2, 0) is 6.42 Å². The van der Waals surface area contributed by atoms with Gasteiger partial charge in [-0.3, -0.25) is 5.10 Å². The number of hydrogen-bond acceptors (Lipinski definition) is 4. The SMILES string of the molecule is CCc1[nH]nc(-c2ccc(OC)cc2OC)c1N. The fraction of sp³-hybridized carbons (Fsp3) is 0.308. The van der Waals surface area contributed by atoms with Gasteiger partial charge in [-0.15, -0.1) is 0 Å². The lowest BCUT2D eigenvalue weighted by atomic mass is 10.1. The number of nitrogens with zero attached hydrogens (tertiary/aromatic N) is 1. The van der Waals surface area contributed by atoms with E-state index in [4.69, 9.17) is 15.2 Å². The molecule has 2 rings (SSSR count). The zero-order valence-corrected chi connectivity index (χ0v) is 10.8. The number of anilines is 1. The van der Waals surface area contributed by atoms with Crippen LogP contribution < -0.4 is 15.2 Å². The van der Waals surface area contributed by atoms with E-state index in [1.54, 1.807) is 14.2 Å². The van der Waals surface area contributed by atoms with Gasteiger partial charge in [0.15, 0.2) is 0 Å². The van der Waals surface area contributed by atoms with Gasteiger partial charge in [-0.05, 0) is 18.6 Å². The highest BCUT2D eigenvalue weighted by Gasteiger charge is 2.15. The lowest BCUT2D eigenvalue weighted by molar-refractivity contribution is 0.395. The number of aryl methyl sites for hydroxylation is 1. The van der Waals surface area contributed by atoms with Crippen molar-refractivity contribution < 1.29 is 9.47 Å². The van der Waals surface area contributed by atoms with Gasteiger partial charge in [-0.2, -0.15) is 5.10 Å². The van der Waals surface area contributed by atoms with E-state index < -0.39 is 0 Å². The average molecular weight is 247 g/mol. The minimum atomic E-state index is 0.668. The zero-order valence-electron chi connectivity index (χ0n) is 10.8. The number of rotatable bonds is 4. The van der Waals surface area contributed by atoms with Crippen LogP contribution in [0.3, 0.4) is 0 Å². The molecule has 1 aromatic heterocycles. The van der Waals surface area contributed by atoms with Crippen LogP contribution in [0, 0.1) is 0 Å². The number of H-pyrrole nitrogens is 1. The lowest BCUT2D eigenvalue weighted by Gasteiger charge is -2.09. The molecular weight excluding hydrogens is 230 g/mol. The smallest absolute Gasteiger partial charge is 0.132 e. The molecule has 0 aliphatic carbocycles. The number of ether oxygens (including phenoxy) is 2. The first kappa shape index (κ1) is 12.3. The highest BCUT2D eigenvalue weighted by molar-refractivity contribution is 5.79. The number of nitrogens with two attached hydrogens (primary N) is 1. The maximum atomic E-state index is 6.06. The predicted molar refractivity (Wildman–Crippen MR) is 70.9 cm³/mol. The summed E-state index contributed by atoms with van der Waals surface area (Å²) in [7, 11) is 3.23. The summed E-state index contributed by atoms with van der Waals surface area (Å²) in [5.41, 5.74) is 9.23. The van der Waals surface area contributed by atoms with E-state index in [1.807, 2.05) is 25.1 Å². The molecule has 0 radical (unpaired) electrons. The van der Waals surface area contributed by atoms with Crippen LogP contribution in [0.5, 0.6) is 11.5 Å². The lowest BCUT2D eigenvalue weighted by Crippen LogP contribution is -1.94. The van der Waals surface area contributed by atoms with Crippen LogP contribution in [0.15, 0.2) is 18.2 Å². The third-order valence-electron chi connectivity index (χ3n) is 2.90. The van der Waals surface area contributed by atoms with Crippen molar-refractivity contribution in [2.24, 2.45) is 0 Å². The van der Waals surface area contributed by atoms with Crippen molar-refractivity contribution in [2.75, 3.05) is 20.0 Å². The second kappa shape index (κ2) is 5.00. The number of aromatic nitrogens is 2. The number of nitrogens with one attached hydrogen (secondary N) is 1. The standard InChI is InChI=1S/C13H17N3O2/c1-4-10-12(14)13(16-15-10)9-6-5-8(17-2)7-11(9)18-3/h5-7H,4,14H2,1-3H3,(H,15,16). The van der Waals surface area contributed by atoms with E-state index in [0.717, 1.165) is 23.4 Å². The first-order valence-corrected chi connectivity index (χ1v) is 5.76. The van der Waals surface area contributed by atoms with Crippen molar-refractivity contribution in [1.82, 2.24) is 10.2 Å². The molecule has 0 bridgehead atoms. The van der Waals surface area contributed by atoms with Crippen LogP contribution in [0.1, 0.15) is 12.6 Å². The van der Waals surface area contributed by atoms with E-state index in [2.05, 4.69) is 10.2 Å². The molecule has 1 heterocycles. The Bertz CT molecular complexity index is 549. The molecule has 0 saturated carbocycles. The van der Waals surface area contributed by atoms with E-state index in [9.17, 15) is 0 Å². The number of benzene rings is 1. The molecule has 3 N–H and O–H groups in total. The first-order chi connectivity index (χ1) is 8.71. The molecule has 18 heavy (non-hydrogen) atoms. The van der Waals surface area contributed by atoms with Gasteiger partial charge in [-0.1, -0.05) is 6.92 Å². The molecule has 1 aromatic carbocycles. The van der Waals surface area contributed by atoms with Gasteiger partial charge in [0.05, 0.1) is 25.6 Å². The van der Waals surface area contributed by atoms with Crippen molar-refractivity contribution in [3.63, 3.8) is 0 Å². The predicted octanol–water partition coefficient (Wildman–Crippen LogP) is 2.24. The minimum absolute atomic E-state index is 0.668. The van der Waals surface area contributed by atoms with Crippen LogP contribution in [0.4, 0.5) is 5.69 Å². The fourth-order valence-corrected chi connectivity index (χ4v) is 1.86. The summed E-state index contributed by atoms with van der Waals surface area (Å²) >= 11 is 0. The normalized spacial score (nSPS) is 10.4. The first-order valence-electron chi connectivity index (χ1n) is 5.76. The van der Waals surface area contributed by atoms with E-state index in [-0.39, 0.29) is 0 Å². The Morgan fingerprint density at radius 2 is 2.06 bits per heavy atom. The Labute approximate surface area is 106 Å². The van der Waals surface area contributed by atoms with Gasteiger partial charge in [0, 0.05) is 11.6 Å². The summed E-state index contributed by atoms with van der Waals surface area (Å²) in [6.07, 6.45) is 0.817. The molecule has 0 aliphatic heterocycles. The van der Waals surface area contributed by atoms with Crippen molar-refractivity contribution in [1.29, 1.82) is 0 Å². The fourth-order valence-electron chi connectivity index (χ4n) is 1.86. The highest BCUT2D eigenvalue weighted by Crippen LogP contribution is 2.35. The van der Waals surface area contributed by atoms with Gasteiger partial charge < -0.3 is 15.2 Å². The summed E-state index contributed by atoms with van der Waals surface area (Å²) in [4.78, 5) is 0. The summed E-state index contributed by atoms with van der Waals surface area (Å²) < 4.78 is 10.5. The Morgan fingerprint density at radius 3 is 2.61 bits per heavy atom. The van der Waals surface area contributed by atoms with E-state index >= 15 is 0 Å². The molecule has 0 unspecified atom stereocenters. The number of methoxy groups -OCH3 is 2. The Morgan fingerprint density at radius 1 is 1.28 bits per heavy atom. The second-order valence-electron chi connectivity index (χ2n) is 3.88. The number of aromatic amines is 1. The topological polar surface area (TPSA) is 73.2 Å². The maximum absolute atomic E-state index is 6.06. The molecule has 0 saturated heterocycles. The monoisotopic (exact) mass is 247 g/mol. The van der Waals surface area contributed by atoms with Crippen molar-refractivity contribution >= 4 is 5.69 Å². The molecule has 5 nitrogen and oxygen atoms in total. The van der Waals surface area contributed by atoms with Gasteiger partial charge in [0.2, 0.25) is 0 Å². The molecule has 0 aliphatic rings. The molecule has 96 valence electrons. The number of nitrogen functional groups attached to an aromatic ring is 1. The Kier molecular flexibility index (Phi) is 3.41. The Balaban J connectivity index is 2.52. The summed E-state index contributed by atoms with van der Waals surface area (Å²) in [6.45, 7) is 2.03. The van der Waals surface area contributed by atoms with Crippen LogP contribution in [0.2, 0.25) is 0 Å². The third-order valence-corrected chi connectivity index (χ3v) is 2.90. The van der Waals surface area contributed by atoms with Crippen molar-refractivity contribution in [3.8, 4) is 22.8 Å². The largest absolute Gasteiger partial charge is 0.497 e. The molecule has 0 atom stereocenters. The highest BCUT2D eigenvalue weighted by atomic mass is 16.5.